The molecule has 6 nitrogen and oxygen atoms in total. The van der Waals surface area contributed by atoms with Gasteiger partial charge in [0.2, 0.25) is 0 Å². The number of para-hydroxylation sites is 1. The van der Waals surface area contributed by atoms with Crippen molar-refractivity contribution in [2.75, 3.05) is 18.8 Å². The Morgan fingerprint density at radius 2 is 1.62 bits per heavy atom. The molecule has 0 saturated heterocycles. The molecule has 0 aliphatic heterocycles. The molecule has 8 heteroatoms. The average Bonchev–Trinajstić information content (AvgIpc) is 2.74. The maximum Gasteiger partial charge on any atom is 0.262 e. The molecule has 0 aliphatic carbocycles. The standard InChI is InChI=1S/C24H26FN3O3S/c1-17-8-13-20(32(30,31)27-23-7-5-4-6-22(23)25)14-21(17)24(29)26-15-18-9-11-19(12-10-18)16-28(2)3/h4-14,27H,15-16H2,1-3H3,(H,26,29). The van der Waals surface area contributed by atoms with Gasteiger partial charge in [0.15, 0.2) is 0 Å². The van der Waals surface area contributed by atoms with E-state index >= 15 is 0 Å². The maximum absolute atomic E-state index is 13.9. The molecule has 32 heavy (non-hydrogen) atoms. The highest BCUT2D eigenvalue weighted by Crippen LogP contribution is 2.21. The SMILES string of the molecule is Cc1ccc(S(=O)(=O)Nc2ccccc2F)cc1C(=O)NCc1ccc(CN(C)C)cc1. The number of rotatable bonds is 8. The number of nitrogens with zero attached hydrogens (tertiary/aromatic N) is 1. The summed E-state index contributed by atoms with van der Waals surface area (Å²) in [5.74, 6) is -1.07. The molecule has 0 fully saturated rings. The monoisotopic (exact) mass is 455 g/mol. The van der Waals surface area contributed by atoms with Crippen LogP contribution in [0.15, 0.2) is 71.6 Å². The zero-order valence-electron chi connectivity index (χ0n) is 18.2. The summed E-state index contributed by atoms with van der Waals surface area (Å²) in [6.07, 6.45) is 0. The van der Waals surface area contributed by atoms with Gasteiger partial charge in [-0.3, -0.25) is 9.52 Å². The highest BCUT2D eigenvalue weighted by atomic mass is 32.2. The number of sulfonamides is 1. The molecule has 0 aliphatic rings. The third-order valence-corrected chi connectivity index (χ3v) is 6.22. The summed E-state index contributed by atoms with van der Waals surface area (Å²) in [6, 6.07) is 17.7. The number of hydrogen-bond acceptors (Lipinski definition) is 4. The fourth-order valence-electron chi connectivity index (χ4n) is 3.17. The lowest BCUT2D eigenvalue weighted by molar-refractivity contribution is 0.0950. The lowest BCUT2D eigenvalue weighted by atomic mass is 10.1. The molecule has 2 N–H and O–H groups in total. The number of benzene rings is 3. The zero-order chi connectivity index (χ0) is 23.3. The van der Waals surface area contributed by atoms with E-state index < -0.39 is 15.8 Å². The van der Waals surface area contributed by atoms with Crippen molar-refractivity contribution in [1.29, 1.82) is 0 Å². The molecular weight excluding hydrogens is 429 g/mol. The Balaban J connectivity index is 1.73. The molecule has 0 spiro atoms. The van der Waals surface area contributed by atoms with Crippen LogP contribution in [0.5, 0.6) is 0 Å². The Bertz CT molecular complexity index is 1210. The first kappa shape index (κ1) is 23.4. The second kappa shape index (κ2) is 9.93. The van der Waals surface area contributed by atoms with E-state index in [1.165, 1.54) is 42.0 Å². The zero-order valence-corrected chi connectivity index (χ0v) is 19.0. The third-order valence-electron chi connectivity index (χ3n) is 4.86. The predicted molar refractivity (Wildman–Crippen MR) is 123 cm³/mol. The van der Waals surface area contributed by atoms with E-state index in [0.29, 0.717) is 12.1 Å². The third kappa shape index (κ3) is 5.93. The highest BCUT2D eigenvalue weighted by molar-refractivity contribution is 7.92. The van der Waals surface area contributed by atoms with Crippen LogP contribution < -0.4 is 10.0 Å². The molecule has 0 unspecified atom stereocenters. The highest BCUT2D eigenvalue weighted by Gasteiger charge is 2.19. The predicted octanol–water partition coefficient (Wildman–Crippen LogP) is 3.93. The van der Waals surface area contributed by atoms with Crippen molar-refractivity contribution in [3.8, 4) is 0 Å². The minimum Gasteiger partial charge on any atom is -0.348 e. The minimum atomic E-state index is -4.06. The summed E-state index contributed by atoms with van der Waals surface area (Å²) in [4.78, 5) is 14.7. The van der Waals surface area contributed by atoms with Crippen LogP contribution in [-0.4, -0.2) is 33.3 Å². The van der Waals surface area contributed by atoms with Crippen molar-refractivity contribution < 1.29 is 17.6 Å². The van der Waals surface area contributed by atoms with E-state index in [-0.39, 0.29) is 22.1 Å². The van der Waals surface area contributed by atoms with Crippen LogP contribution in [0.25, 0.3) is 0 Å². The molecule has 3 aromatic carbocycles. The number of halogens is 1. The second-order valence-corrected chi connectivity index (χ2v) is 9.48. The number of hydrogen-bond donors (Lipinski definition) is 2. The van der Waals surface area contributed by atoms with Gasteiger partial charge in [-0.1, -0.05) is 42.5 Å². The van der Waals surface area contributed by atoms with E-state index in [1.54, 1.807) is 13.0 Å². The summed E-state index contributed by atoms with van der Waals surface area (Å²) < 4.78 is 41.5. The van der Waals surface area contributed by atoms with Crippen molar-refractivity contribution in [1.82, 2.24) is 10.2 Å². The van der Waals surface area contributed by atoms with Gasteiger partial charge in [-0.25, -0.2) is 12.8 Å². The first-order valence-electron chi connectivity index (χ1n) is 10.0. The van der Waals surface area contributed by atoms with Crippen LogP contribution in [0, 0.1) is 12.7 Å². The summed E-state index contributed by atoms with van der Waals surface area (Å²) in [5.41, 5.74) is 2.82. The van der Waals surface area contributed by atoms with Crippen molar-refractivity contribution in [2.45, 2.75) is 24.9 Å². The Labute approximate surface area is 188 Å². The van der Waals surface area contributed by atoms with Gasteiger partial charge in [0.25, 0.3) is 15.9 Å². The number of carbonyl (C=O) groups excluding carboxylic acids is 1. The Morgan fingerprint density at radius 3 is 2.28 bits per heavy atom. The molecule has 0 bridgehead atoms. The first-order valence-corrected chi connectivity index (χ1v) is 11.5. The van der Waals surface area contributed by atoms with Gasteiger partial charge in [0.05, 0.1) is 10.6 Å². The number of anilines is 1. The Morgan fingerprint density at radius 1 is 0.969 bits per heavy atom. The van der Waals surface area contributed by atoms with Crippen molar-refractivity contribution in [3.05, 3.63) is 94.8 Å². The second-order valence-electron chi connectivity index (χ2n) is 7.80. The molecular formula is C24H26FN3O3S. The fraction of sp³-hybridized carbons (Fsp3) is 0.208. The van der Waals surface area contributed by atoms with Gasteiger partial charge < -0.3 is 10.2 Å². The summed E-state index contributed by atoms with van der Waals surface area (Å²) >= 11 is 0. The summed E-state index contributed by atoms with van der Waals surface area (Å²) in [5, 5.41) is 2.83. The maximum atomic E-state index is 13.9. The molecule has 0 atom stereocenters. The van der Waals surface area contributed by atoms with Crippen molar-refractivity contribution in [3.63, 3.8) is 0 Å². The van der Waals surface area contributed by atoms with Gasteiger partial charge in [-0.05, 0) is 62.0 Å². The number of amides is 1. The van der Waals surface area contributed by atoms with Crippen LogP contribution in [0.1, 0.15) is 27.0 Å². The van der Waals surface area contributed by atoms with Crippen molar-refractivity contribution in [2.24, 2.45) is 0 Å². The quantitative estimate of drug-likeness (QED) is 0.540. The van der Waals surface area contributed by atoms with Gasteiger partial charge in [-0.15, -0.1) is 0 Å². The largest absolute Gasteiger partial charge is 0.348 e. The van der Waals surface area contributed by atoms with Crippen LogP contribution >= 0.6 is 0 Å². The number of aryl methyl sites for hydroxylation is 1. The first-order chi connectivity index (χ1) is 15.2. The Kier molecular flexibility index (Phi) is 7.27. The molecule has 3 rings (SSSR count). The normalized spacial score (nSPS) is 11.4. The number of carbonyl (C=O) groups is 1. The van der Waals surface area contributed by atoms with E-state index in [1.807, 2.05) is 38.4 Å². The lowest BCUT2D eigenvalue weighted by Crippen LogP contribution is -2.24. The van der Waals surface area contributed by atoms with E-state index in [9.17, 15) is 17.6 Å². The van der Waals surface area contributed by atoms with Crippen LogP contribution in [0.4, 0.5) is 10.1 Å². The van der Waals surface area contributed by atoms with E-state index in [0.717, 1.165) is 12.1 Å². The molecule has 168 valence electrons. The van der Waals surface area contributed by atoms with Gasteiger partial charge >= 0.3 is 0 Å². The molecule has 0 aromatic heterocycles. The van der Waals surface area contributed by atoms with E-state index in [2.05, 4.69) is 14.9 Å². The average molecular weight is 456 g/mol. The van der Waals surface area contributed by atoms with Gasteiger partial charge in [0.1, 0.15) is 5.82 Å². The number of nitrogens with one attached hydrogen (secondary N) is 2. The van der Waals surface area contributed by atoms with Crippen LogP contribution in [0.3, 0.4) is 0 Å². The van der Waals surface area contributed by atoms with Crippen LogP contribution in [-0.2, 0) is 23.1 Å². The topological polar surface area (TPSA) is 78.5 Å². The van der Waals surface area contributed by atoms with E-state index in [4.69, 9.17) is 0 Å². The smallest absolute Gasteiger partial charge is 0.262 e. The lowest BCUT2D eigenvalue weighted by Gasteiger charge is -2.13. The minimum absolute atomic E-state index is 0.121. The molecule has 0 heterocycles. The molecule has 1 amide bonds. The molecule has 0 saturated carbocycles. The van der Waals surface area contributed by atoms with Gasteiger partial charge in [0, 0.05) is 18.7 Å². The van der Waals surface area contributed by atoms with Crippen molar-refractivity contribution >= 4 is 21.6 Å². The molecule has 0 radical (unpaired) electrons. The fourth-order valence-corrected chi connectivity index (χ4v) is 4.26. The molecule has 3 aromatic rings. The summed E-state index contributed by atoms with van der Waals surface area (Å²) in [7, 11) is -0.0711. The van der Waals surface area contributed by atoms with Gasteiger partial charge in [-0.2, -0.15) is 0 Å². The Hall–Kier alpha value is -3.23. The van der Waals surface area contributed by atoms with Crippen LogP contribution in [0.2, 0.25) is 0 Å². The summed E-state index contributed by atoms with van der Waals surface area (Å²) in [6.45, 7) is 2.87.